The maximum Gasteiger partial charge on any atom is 0.260 e. The lowest BCUT2D eigenvalue weighted by Crippen LogP contribution is -2.42. The van der Waals surface area contributed by atoms with Crippen molar-refractivity contribution in [2.75, 3.05) is 27.2 Å². The number of carbonyl (C=O) groups excluding carboxylic acids is 2. The molecule has 1 aromatic rings. The van der Waals surface area contributed by atoms with Gasteiger partial charge in [0.15, 0.2) is 0 Å². The molecule has 2 N–H and O–H groups in total. The molecule has 6 heteroatoms. The monoisotopic (exact) mass is 320 g/mol. The Morgan fingerprint density at radius 1 is 1.30 bits per heavy atom. The number of nitrogens with one attached hydrogen (secondary N) is 2. The molecule has 127 valence electrons. The highest BCUT2D eigenvalue weighted by molar-refractivity contribution is 5.97. The summed E-state index contributed by atoms with van der Waals surface area (Å²) < 4.78 is 5.60. The number of rotatable bonds is 9. The van der Waals surface area contributed by atoms with Crippen LogP contribution in [0.15, 0.2) is 24.3 Å². The number of benzene rings is 1. The standard InChI is InChI=1S/C17H26N3O3/c1-12(2)10-15(16(18)21)19-17(22)13-6-5-7-14(11-13)23-9-8-20(3)4/h5-7,11-12,15,18H,8-10H2,1-4H3,(H,19,22)/t15-/m0/s1. The van der Waals surface area contributed by atoms with E-state index < -0.39 is 11.9 Å². The van der Waals surface area contributed by atoms with E-state index in [0.717, 1.165) is 6.54 Å². The van der Waals surface area contributed by atoms with Crippen molar-refractivity contribution in [3.63, 3.8) is 0 Å². The first-order chi connectivity index (χ1) is 10.8. The zero-order valence-corrected chi connectivity index (χ0v) is 14.3. The van der Waals surface area contributed by atoms with Gasteiger partial charge >= 0.3 is 0 Å². The van der Waals surface area contributed by atoms with Crippen molar-refractivity contribution >= 4 is 11.8 Å². The van der Waals surface area contributed by atoms with E-state index in [1.165, 1.54) is 0 Å². The molecule has 0 unspecified atom stereocenters. The Balaban J connectivity index is 2.69. The van der Waals surface area contributed by atoms with Gasteiger partial charge in [0.1, 0.15) is 18.4 Å². The Morgan fingerprint density at radius 3 is 2.57 bits per heavy atom. The number of amides is 2. The molecule has 0 saturated heterocycles. The van der Waals surface area contributed by atoms with E-state index in [1.807, 2.05) is 32.8 Å². The fourth-order valence-corrected chi connectivity index (χ4v) is 2.02. The Morgan fingerprint density at radius 2 is 2.00 bits per heavy atom. The average molecular weight is 320 g/mol. The maximum atomic E-state index is 12.3. The molecule has 0 spiro atoms. The predicted molar refractivity (Wildman–Crippen MR) is 89.3 cm³/mol. The van der Waals surface area contributed by atoms with E-state index in [0.29, 0.717) is 24.3 Å². The van der Waals surface area contributed by atoms with Crippen LogP contribution in [0.2, 0.25) is 0 Å². The molecule has 2 amide bonds. The van der Waals surface area contributed by atoms with Crippen molar-refractivity contribution in [2.24, 2.45) is 5.92 Å². The smallest absolute Gasteiger partial charge is 0.260 e. The van der Waals surface area contributed by atoms with Crippen LogP contribution in [0, 0.1) is 5.92 Å². The van der Waals surface area contributed by atoms with Gasteiger partial charge in [-0.3, -0.25) is 15.3 Å². The summed E-state index contributed by atoms with van der Waals surface area (Å²) in [6.07, 6.45) is 0.451. The first kappa shape index (κ1) is 19.0. The van der Waals surface area contributed by atoms with E-state index in [4.69, 9.17) is 10.5 Å². The molecule has 0 fully saturated rings. The largest absolute Gasteiger partial charge is 0.492 e. The summed E-state index contributed by atoms with van der Waals surface area (Å²) in [6.45, 7) is 5.20. The molecule has 6 nitrogen and oxygen atoms in total. The summed E-state index contributed by atoms with van der Waals surface area (Å²) in [6, 6.07) is 6.05. The van der Waals surface area contributed by atoms with Crippen LogP contribution >= 0.6 is 0 Å². The topological polar surface area (TPSA) is 82.4 Å². The molecule has 1 atom stereocenters. The van der Waals surface area contributed by atoms with Crippen molar-refractivity contribution in [3.8, 4) is 5.75 Å². The number of nitrogens with zero attached hydrogens (tertiary/aromatic N) is 1. The summed E-state index contributed by atoms with van der Waals surface area (Å²) >= 11 is 0. The van der Waals surface area contributed by atoms with E-state index in [1.54, 1.807) is 24.3 Å². The summed E-state index contributed by atoms with van der Waals surface area (Å²) in [7, 11) is 3.92. The normalized spacial score (nSPS) is 12.3. The van der Waals surface area contributed by atoms with Crippen LogP contribution in [0.1, 0.15) is 30.6 Å². The van der Waals surface area contributed by atoms with Crippen molar-refractivity contribution < 1.29 is 14.3 Å². The Labute approximate surface area is 138 Å². The van der Waals surface area contributed by atoms with E-state index in [9.17, 15) is 9.59 Å². The molecule has 0 saturated carbocycles. The molecule has 1 rings (SSSR count). The van der Waals surface area contributed by atoms with Gasteiger partial charge in [0.25, 0.3) is 11.8 Å². The fourth-order valence-electron chi connectivity index (χ4n) is 2.02. The summed E-state index contributed by atoms with van der Waals surface area (Å²) in [4.78, 5) is 25.6. The second kappa shape index (κ2) is 9.15. The number of ether oxygens (including phenoxy) is 1. The predicted octanol–water partition coefficient (Wildman–Crippen LogP) is 1.58. The lowest BCUT2D eigenvalue weighted by molar-refractivity contribution is -0.120. The van der Waals surface area contributed by atoms with Crippen molar-refractivity contribution in [3.05, 3.63) is 29.8 Å². The second-order valence-corrected chi connectivity index (χ2v) is 6.20. The van der Waals surface area contributed by atoms with E-state index >= 15 is 0 Å². The minimum absolute atomic E-state index is 0.218. The average Bonchev–Trinajstić information content (AvgIpc) is 2.45. The highest BCUT2D eigenvalue weighted by atomic mass is 16.5. The van der Waals surface area contributed by atoms with Gasteiger partial charge in [-0.25, -0.2) is 0 Å². The van der Waals surface area contributed by atoms with Crippen molar-refractivity contribution in [1.29, 1.82) is 0 Å². The third kappa shape index (κ3) is 7.15. The molecule has 0 heterocycles. The third-order valence-corrected chi connectivity index (χ3v) is 3.23. The van der Waals surface area contributed by atoms with Crippen LogP contribution in [0.5, 0.6) is 5.75 Å². The van der Waals surface area contributed by atoms with Gasteiger partial charge in [0.05, 0.1) is 0 Å². The molecule has 0 aliphatic rings. The maximum absolute atomic E-state index is 12.3. The van der Waals surface area contributed by atoms with Gasteiger partial charge in [-0.05, 0) is 44.6 Å². The highest BCUT2D eigenvalue weighted by Crippen LogP contribution is 2.14. The van der Waals surface area contributed by atoms with Gasteiger partial charge in [-0.2, -0.15) is 0 Å². The van der Waals surface area contributed by atoms with Gasteiger partial charge < -0.3 is 15.0 Å². The molecular formula is C17H26N3O3. The molecule has 1 aromatic carbocycles. The second-order valence-electron chi connectivity index (χ2n) is 6.20. The number of hydrogen-bond donors (Lipinski definition) is 1. The zero-order valence-electron chi connectivity index (χ0n) is 14.3. The third-order valence-electron chi connectivity index (χ3n) is 3.23. The molecular weight excluding hydrogens is 294 g/mol. The van der Waals surface area contributed by atoms with Gasteiger partial charge in [0.2, 0.25) is 0 Å². The minimum Gasteiger partial charge on any atom is -0.492 e. The Hall–Kier alpha value is -2.08. The van der Waals surface area contributed by atoms with Crippen LogP contribution in [0.25, 0.3) is 0 Å². The quantitative estimate of drug-likeness (QED) is 0.749. The summed E-state index contributed by atoms with van der Waals surface area (Å²) in [5.41, 5.74) is 7.69. The molecule has 0 aromatic heterocycles. The SMILES string of the molecule is CC(C)C[C@H](NC(=O)c1cccc(OCCN(C)C)c1)C([NH])=O. The molecule has 0 aliphatic carbocycles. The number of hydrogen-bond acceptors (Lipinski definition) is 4. The summed E-state index contributed by atoms with van der Waals surface area (Å²) in [5.74, 6) is -0.313. The van der Waals surface area contributed by atoms with Crippen LogP contribution in [0.3, 0.4) is 0 Å². The highest BCUT2D eigenvalue weighted by Gasteiger charge is 2.20. The first-order valence-corrected chi connectivity index (χ1v) is 7.73. The lowest BCUT2D eigenvalue weighted by atomic mass is 10.0. The van der Waals surface area contributed by atoms with Crippen LogP contribution in [-0.2, 0) is 4.79 Å². The van der Waals surface area contributed by atoms with E-state index in [-0.39, 0.29) is 11.8 Å². The van der Waals surface area contributed by atoms with Crippen LogP contribution in [-0.4, -0.2) is 50.0 Å². The zero-order chi connectivity index (χ0) is 17.4. The summed E-state index contributed by atoms with van der Waals surface area (Å²) in [5, 5.41) is 2.63. The number of likely N-dealkylation sites (N-methyl/N-ethyl adjacent to an activating group) is 1. The minimum atomic E-state index is -0.777. The molecule has 0 bridgehead atoms. The van der Waals surface area contributed by atoms with E-state index in [2.05, 4.69) is 5.32 Å². The lowest BCUT2D eigenvalue weighted by Gasteiger charge is -2.17. The molecule has 1 radical (unpaired) electrons. The van der Waals surface area contributed by atoms with Gasteiger partial charge in [0, 0.05) is 12.1 Å². The van der Waals surface area contributed by atoms with Gasteiger partial charge in [-0.1, -0.05) is 19.9 Å². The Bertz CT molecular complexity index is 530. The molecule has 0 aliphatic heterocycles. The first-order valence-electron chi connectivity index (χ1n) is 7.73. The van der Waals surface area contributed by atoms with Crippen molar-refractivity contribution in [2.45, 2.75) is 26.3 Å². The van der Waals surface area contributed by atoms with Gasteiger partial charge in [-0.15, -0.1) is 0 Å². The van der Waals surface area contributed by atoms with Crippen LogP contribution in [0.4, 0.5) is 0 Å². The van der Waals surface area contributed by atoms with Crippen molar-refractivity contribution in [1.82, 2.24) is 16.0 Å². The Kier molecular flexibility index (Phi) is 7.54. The fraction of sp³-hybridized carbons (Fsp3) is 0.529. The van der Waals surface area contributed by atoms with Crippen LogP contribution < -0.4 is 15.8 Å². The number of carbonyl (C=O) groups is 2. The molecule has 23 heavy (non-hydrogen) atoms.